The van der Waals surface area contributed by atoms with Crippen molar-refractivity contribution in [2.24, 2.45) is 0 Å². The number of carbonyl (C=O) groups excluding carboxylic acids is 3. The summed E-state index contributed by atoms with van der Waals surface area (Å²) >= 11 is 1.36. The number of hydrogen-bond acceptors (Lipinski definition) is 6. The van der Waals surface area contributed by atoms with Crippen LogP contribution in [-0.4, -0.2) is 36.5 Å². The van der Waals surface area contributed by atoms with Crippen molar-refractivity contribution in [3.8, 4) is 0 Å². The van der Waals surface area contributed by atoms with E-state index in [1.807, 2.05) is 5.38 Å². The minimum Gasteiger partial charge on any atom is -0.465 e. The summed E-state index contributed by atoms with van der Waals surface area (Å²) in [6, 6.07) is 9.46. The summed E-state index contributed by atoms with van der Waals surface area (Å²) in [5, 5.41) is 17.0. The van der Waals surface area contributed by atoms with E-state index in [9.17, 15) is 19.5 Å². The van der Waals surface area contributed by atoms with Crippen LogP contribution in [0.15, 0.2) is 41.8 Å². The zero-order valence-corrected chi connectivity index (χ0v) is 14.6. The molecule has 8 heteroatoms. The molecule has 1 aromatic carbocycles. The molecule has 0 aliphatic heterocycles. The molecule has 0 aliphatic carbocycles. The normalized spacial score (nSPS) is 12.8. The van der Waals surface area contributed by atoms with Crippen LogP contribution in [0.2, 0.25) is 0 Å². The maximum atomic E-state index is 11.9. The Morgan fingerprint density at radius 2 is 1.84 bits per heavy atom. The first-order valence-corrected chi connectivity index (χ1v) is 8.25. The summed E-state index contributed by atoms with van der Waals surface area (Å²) in [4.78, 5) is 35.8. The number of ether oxygens (including phenoxy) is 1. The molecule has 0 saturated heterocycles. The molecule has 3 N–H and O–H groups in total. The van der Waals surface area contributed by atoms with Crippen molar-refractivity contribution in [3.63, 3.8) is 0 Å². The second kappa shape index (κ2) is 7.91. The van der Waals surface area contributed by atoms with E-state index in [-0.39, 0.29) is 6.54 Å². The molecule has 1 atom stereocenters. The van der Waals surface area contributed by atoms with Crippen LogP contribution in [0.25, 0.3) is 0 Å². The zero-order valence-electron chi connectivity index (χ0n) is 13.7. The molecule has 0 aliphatic rings. The van der Waals surface area contributed by atoms with Gasteiger partial charge in [-0.3, -0.25) is 9.59 Å². The van der Waals surface area contributed by atoms with Gasteiger partial charge in [0.1, 0.15) is 5.60 Å². The van der Waals surface area contributed by atoms with Crippen LogP contribution in [0.3, 0.4) is 0 Å². The van der Waals surface area contributed by atoms with Crippen LogP contribution in [0.4, 0.5) is 5.69 Å². The van der Waals surface area contributed by atoms with Crippen LogP contribution in [-0.2, 0) is 19.9 Å². The molecule has 2 aromatic rings. The lowest BCUT2D eigenvalue weighted by atomic mass is 10.1. The molecular formula is C17H18N2O5S. The first kappa shape index (κ1) is 18.6. The molecule has 25 heavy (non-hydrogen) atoms. The lowest BCUT2D eigenvalue weighted by Gasteiger charge is -2.22. The summed E-state index contributed by atoms with van der Waals surface area (Å²) < 4.78 is 4.58. The molecule has 2 amide bonds. The highest BCUT2D eigenvalue weighted by molar-refractivity contribution is 7.10. The Morgan fingerprint density at radius 3 is 2.40 bits per heavy atom. The molecule has 0 spiro atoms. The number of carbonyl (C=O) groups is 3. The topological polar surface area (TPSA) is 105 Å². The van der Waals surface area contributed by atoms with E-state index in [1.165, 1.54) is 42.7 Å². The quantitative estimate of drug-likeness (QED) is 0.552. The van der Waals surface area contributed by atoms with E-state index in [0.29, 0.717) is 16.1 Å². The summed E-state index contributed by atoms with van der Waals surface area (Å²) in [5.74, 6) is -2.23. The second-order valence-corrected chi connectivity index (χ2v) is 6.40. The van der Waals surface area contributed by atoms with Crippen molar-refractivity contribution in [1.29, 1.82) is 0 Å². The highest BCUT2D eigenvalue weighted by Crippen LogP contribution is 2.24. The Labute approximate surface area is 148 Å². The first-order valence-electron chi connectivity index (χ1n) is 7.37. The largest absolute Gasteiger partial charge is 0.465 e. The van der Waals surface area contributed by atoms with Gasteiger partial charge in [0, 0.05) is 10.6 Å². The van der Waals surface area contributed by atoms with Crippen LogP contribution in [0.1, 0.15) is 22.2 Å². The number of hydrogen-bond donors (Lipinski definition) is 3. The molecule has 0 fully saturated rings. The predicted octanol–water partition coefficient (Wildman–Crippen LogP) is 1.50. The predicted molar refractivity (Wildman–Crippen MR) is 93.3 cm³/mol. The summed E-state index contributed by atoms with van der Waals surface area (Å²) in [5.41, 5.74) is -0.568. The van der Waals surface area contributed by atoms with Crippen LogP contribution >= 0.6 is 11.3 Å². The van der Waals surface area contributed by atoms with Crippen molar-refractivity contribution in [1.82, 2.24) is 5.32 Å². The average Bonchev–Trinajstić information content (AvgIpc) is 3.15. The lowest BCUT2D eigenvalue weighted by molar-refractivity contribution is -0.136. The lowest BCUT2D eigenvalue weighted by Crippen LogP contribution is -2.42. The van der Waals surface area contributed by atoms with E-state index in [0.717, 1.165) is 0 Å². The summed E-state index contributed by atoms with van der Waals surface area (Å²) in [7, 11) is 1.27. The number of nitrogens with one attached hydrogen (secondary N) is 2. The number of methoxy groups -OCH3 is 1. The minimum absolute atomic E-state index is 0.0962. The minimum atomic E-state index is -1.26. The zero-order chi connectivity index (χ0) is 18.4. The van der Waals surface area contributed by atoms with Gasteiger partial charge in [-0.2, -0.15) is 0 Å². The van der Waals surface area contributed by atoms with Gasteiger partial charge in [0.25, 0.3) is 0 Å². The molecule has 1 aromatic heterocycles. The first-order chi connectivity index (χ1) is 11.8. The van der Waals surface area contributed by atoms with E-state index in [2.05, 4.69) is 15.4 Å². The third kappa shape index (κ3) is 4.88. The van der Waals surface area contributed by atoms with Crippen molar-refractivity contribution >= 4 is 34.8 Å². The van der Waals surface area contributed by atoms with E-state index in [1.54, 1.807) is 19.1 Å². The van der Waals surface area contributed by atoms with Gasteiger partial charge in [0.2, 0.25) is 0 Å². The standard InChI is InChI=1S/C17H18N2O5S/c1-17(23,13-4-3-9-25-13)10-18-14(20)15(21)19-12-7-5-11(6-8-12)16(22)24-2/h3-9,23H,10H2,1-2H3,(H,18,20)(H,19,21)/t17-/m1/s1. The molecule has 0 bridgehead atoms. The number of thiophene rings is 1. The van der Waals surface area contributed by atoms with Gasteiger partial charge in [-0.05, 0) is 42.6 Å². The summed E-state index contributed by atoms with van der Waals surface area (Å²) in [6.45, 7) is 1.46. The highest BCUT2D eigenvalue weighted by Gasteiger charge is 2.26. The molecule has 1 heterocycles. The number of esters is 1. The van der Waals surface area contributed by atoms with Crippen LogP contribution in [0, 0.1) is 0 Å². The van der Waals surface area contributed by atoms with Gasteiger partial charge in [-0.1, -0.05) is 6.07 Å². The average molecular weight is 362 g/mol. The monoisotopic (exact) mass is 362 g/mol. The Morgan fingerprint density at radius 1 is 1.16 bits per heavy atom. The number of anilines is 1. The van der Waals surface area contributed by atoms with Gasteiger partial charge in [0.05, 0.1) is 19.2 Å². The SMILES string of the molecule is COC(=O)c1ccc(NC(=O)C(=O)NC[C@@](C)(O)c2cccs2)cc1. The summed E-state index contributed by atoms with van der Waals surface area (Å²) in [6.07, 6.45) is 0. The number of aliphatic hydroxyl groups is 1. The molecule has 0 saturated carbocycles. The van der Waals surface area contributed by atoms with E-state index >= 15 is 0 Å². The molecule has 0 radical (unpaired) electrons. The van der Waals surface area contributed by atoms with Crippen molar-refractivity contribution in [2.45, 2.75) is 12.5 Å². The molecular weight excluding hydrogens is 344 g/mol. The fraction of sp³-hybridized carbons (Fsp3) is 0.235. The van der Waals surface area contributed by atoms with Crippen molar-refractivity contribution in [2.75, 3.05) is 19.0 Å². The number of benzene rings is 1. The Hall–Kier alpha value is -2.71. The third-order valence-electron chi connectivity index (χ3n) is 3.42. The molecule has 7 nitrogen and oxygen atoms in total. The van der Waals surface area contributed by atoms with E-state index < -0.39 is 23.4 Å². The molecule has 2 rings (SSSR count). The molecule has 0 unspecified atom stereocenters. The Balaban J connectivity index is 1.90. The van der Waals surface area contributed by atoms with Crippen molar-refractivity contribution in [3.05, 3.63) is 52.2 Å². The van der Waals surface area contributed by atoms with Crippen LogP contribution in [0.5, 0.6) is 0 Å². The smallest absolute Gasteiger partial charge is 0.337 e. The Kier molecular flexibility index (Phi) is 5.89. The third-order valence-corrected chi connectivity index (χ3v) is 4.54. The second-order valence-electron chi connectivity index (χ2n) is 5.46. The Bertz CT molecular complexity index is 754. The van der Waals surface area contributed by atoms with Gasteiger partial charge >= 0.3 is 17.8 Å². The number of rotatable bonds is 5. The maximum absolute atomic E-state index is 11.9. The van der Waals surface area contributed by atoms with Gasteiger partial charge < -0.3 is 20.5 Å². The fourth-order valence-corrected chi connectivity index (χ4v) is 2.79. The highest BCUT2D eigenvalue weighted by atomic mass is 32.1. The maximum Gasteiger partial charge on any atom is 0.337 e. The van der Waals surface area contributed by atoms with Gasteiger partial charge in [-0.15, -0.1) is 11.3 Å². The van der Waals surface area contributed by atoms with E-state index in [4.69, 9.17) is 0 Å². The van der Waals surface area contributed by atoms with Gasteiger partial charge in [0.15, 0.2) is 0 Å². The molecule has 132 valence electrons. The fourth-order valence-electron chi connectivity index (χ4n) is 2.00. The van der Waals surface area contributed by atoms with Crippen LogP contribution < -0.4 is 10.6 Å². The number of amides is 2. The van der Waals surface area contributed by atoms with Crippen molar-refractivity contribution < 1.29 is 24.2 Å². The van der Waals surface area contributed by atoms with Gasteiger partial charge in [-0.25, -0.2) is 4.79 Å².